The van der Waals surface area contributed by atoms with E-state index in [1.807, 2.05) is 61.1 Å². The number of pyridine rings is 2. The highest BCUT2D eigenvalue weighted by molar-refractivity contribution is 7.84. The Morgan fingerprint density at radius 2 is 1.77 bits per heavy atom. The Morgan fingerprint density at radius 1 is 1.02 bits per heavy atom. The third kappa shape index (κ3) is 9.14. The molecule has 11 heteroatoms. The van der Waals surface area contributed by atoms with Crippen molar-refractivity contribution in [2.45, 2.75) is 103 Å². The molecule has 0 aliphatic rings. The summed E-state index contributed by atoms with van der Waals surface area (Å²) in [6.07, 6.45) is 5.20. The van der Waals surface area contributed by atoms with Crippen molar-refractivity contribution in [1.29, 1.82) is 0 Å². The van der Waals surface area contributed by atoms with E-state index in [4.69, 9.17) is 34.1 Å². The van der Waals surface area contributed by atoms with Gasteiger partial charge in [0.2, 0.25) is 0 Å². The van der Waals surface area contributed by atoms with Crippen LogP contribution in [-0.2, 0) is 26.8 Å². The summed E-state index contributed by atoms with van der Waals surface area (Å²) in [6, 6.07) is 16.2. The lowest BCUT2D eigenvalue weighted by Crippen LogP contribution is -2.40. The molecule has 2 atom stereocenters. The molecular weight excluding hydrogens is 627 g/mol. The molecule has 0 aliphatic heterocycles. The van der Waals surface area contributed by atoms with Crippen molar-refractivity contribution >= 4 is 30.2 Å². The Morgan fingerprint density at radius 3 is 2.45 bits per heavy atom. The monoisotopic (exact) mass is 679 g/mol. The fourth-order valence-electron chi connectivity index (χ4n) is 5.28. The van der Waals surface area contributed by atoms with Crippen molar-refractivity contribution in [3.8, 4) is 22.8 Å². The average molecular weight is 680 g/mol. The summed E-state index contributed by atoms with van der Waals surface area (Å²) in [6.45, 7) is 18.9. The first-order valence-electron chi connectivity index (χ1n) is 16.5. The quantitative estimate of drug-likeness (QED) is 0.0940. The van der Waals surface area contributed by atoms with Crippen LogP contribution in [0.2, 0.25) is 18.1 Å². The van der Waals surface area contributed by atoms with Crippen LogP contribution in [0.1, 0.15) is 84.5 Å². The summed E-state index contributed by atoms with van der Waals surface area (Å²) < 4.78 is 31.7. The lowest BCUT2D eigenvalue weighted by molar-refractivity contribution is 0.172. The molecular formula is C36H53N5O4SSi. The van der Waals surface area contributed by atoms with Crippen LogP contribution in [0.25, 0.3) is 28.0 Å². The first kappa shape index (κ1) is 36.9. The van der Waals surface area contributed by atoms with Crippen LogP contribution in [0.4, 0.5) is 0 Å². The minimum absolute atomic E-state index is 0.111. The Kier molecular flexibility index (Phi) is 12.2. The lowest BCUT2D eigenvalue weighted by atomic mass is 9.89. The number of methoxy groups -OCH3 is 1. The molecule has 0 spiro atoms. The molecule has 9 nitrogen and oxygen atoms in total. The highest BCUT2D eigenvalue weighted by Gasteiger charge is 2.37. The van der Waals surface area contributed by atoms with Gasteiger partial charge < -0.3 is 13.9 Å². The largest absolute Gasteiger partial charge is 0.493 e. The van der Waals surface area contributed by atoms with E-state index in [2.05, 4.69) is 52.9 Å². The summed E-state index contributed by atoms with van der Waals surface area (Å²) in [4.78, 5) is 10.1. The van der Waals surface area contributed by atoms with Gasteiger partial charge in [-0.25, -0.2) is 13.9 Å². The predicted molar refractivity (Wildman–Crippen MR) is 195 cm³/mol. The highest BCUT2D eigenvalue weighted by Crippen LogP contribution is 2.38. The van der Waals surface area contributed by atoms with Gasteiger partial charge in [0.1, 0.15) is 5.75 Å². The summed E-state index contributed by atoms with van der Waals surface area (Å²) >= 11 is 0. The maximum atomic E-state index is 12.3. The Balaban J connectivity index is 1.76. The summed E-state index contributed by atoms with van der Waals surface area (Å²) in [5.74, 6) is 1.57. The van der Waals surface area contributed by atoms with Crippen molar-refractivity contribution < 1.29 is 18.1 Å². The molecule has 256 valence electrons. The van der Waals surface area contributed by atoms with Gasteiger partial charge in [0.05, 0.1) is 57.4 Å². The normalized spacial score (nSPS) is 14.0. The number of benzene rings is 1. The van der Waals surface area contributed by atoms with Crippen LogP contribution in [0.3, 0.4) is 0 Å². The molecule has 0 aliphatic carbocycles. The van der Waals surface area contributed by atoms with E-state index in [0.717, 1.165) is 58.6 Å². The van der Waals surface area contributed by atoms with Crippen LogP contribution in [-0.4, -0.2) is 57.3 Å². The minimum Gasteiger partial charge on any atom is -0.493 e. The third-order valence-electron chi connectivity index (χ3n) is 9.20. The van der Waals surface area contributed by atoms with Gasteiger partial charge in [-0.1, -0.05) is 46.2 Å². The molecule has 4 rings (SSSR count). The average Bonchev–Trinajstić information content (AvgIpc) is 3.46. The van der Waals surface area contributed by atoms with Gasteiger partial charge in [-0.3, -0.25) is 10.1 Å². The number of hydrogen-bond donors (Lipinski definition) is 1. The third-order valence-corrected chi connectivity index (χ3v) is 14.9. The number of ether oxygens (including phenoxy) is 2. The molecule has 4 aromatic rings. The van der Waals surface area contributed by atoms with E-state index >= 15 is 0 Å². The Labute approximate surface area is 284 Å². The molecule has 0 saturated heterocycles. The summed E-state index contributed by atoms with van der Waals surface area (Å²) in [5, 5.41) is 11.6. The number of aromatic nitrogens is 4. The molecule has 0 bridgehead atoms. The van der Waals surface area contributed by atoms with E-state index in [1.165, 1.54) is 0 Å². The fraction of sp³-hybridized carbons (Fsp3) is 0.528. The van der Waals surface area contributed by atoms with Crippen LogP contribution in [0.5, 0.6) is 5.75 Å². The Bertz CT molecular complexity index is 1670. The molecule has 47 heavy (non-hydrogen) atoms. The first-order valence-corrected chi connectivity index (χ1v) is 20.7. The smallest absolute Gasteiger partial charge is 0.192 e. The zero-order valence-electron chi connectivity index (χ0n) is 29.6. The molecule has 0 radical (unpaired) electrons. The molecule has 0 amide bonds. The van der Waals surface area contributed by atoms with Gasteiger partial charge in [-0.2, -0.15) is 5.10 Å². The highest BCUT2D eigenvalue weighted by atomic mass is 32.2. The van der Waals surface area contributed by atoms with Gasteiger partial charge in [0.15, 0.2) is 14.1 Å². The van der Waals surface area contributed by atoms with Crippen molar-refractivity contribution in [2.75, 3.05) is 20.3 Å². The fourth-order valence-corrected chi connectivity index (χ4v) is 6.59. The number of hydrogen-bond acceptors (Lipinski definition) is 7. The summed E-state index contributed by atoms with van der Waals surface area (Å²) in [5.41, 5.74) is 4.44. The molecule has 1 unspecified atom stereocenters. The SMILES string of the molecule is CCC[C@@H](CC(C)(C)S(N)=O)c1cccc(-c2cc(OCCCOC)c3cnn(-c4cccc(CO[Si](C)(C)C(C)(C)C)n4)c3c2)n1. The Hall–Kier alpha value is -2.96. The molecule has 0 saturated carbocycles. The van der Waals surface area contributed by atoms with Gasteiger partial charge >= 0.3 is 0 Å². The van der Waals surface area contributed by atoms with E-state index < -0.39 is 24.1 Å². The molecule has 3 heterocycles. The number of rotatable bonds is 16. The van der Waals surface area contributed by atoms with Crippen LogP contribution >= 0.6 is 0 Å². The van der Waals surface area contributed by atoms with E-state index in [-0.39, 0.29) is 11.0 Å². The van der Waals surface area contributed by atoms with Gasteiger partial charge in [0.25, 0.3) is 0 Å². The maximum Gasteiger partial charge on any atom is 0.192 e. The van der Waals surface area contributed by atoms with Crippen LogP contribution in [0.15, 0.2) is 54.7 Å². The van der Waals surface area contributed by atoms with Crippen molar-refractivity contribution in [1.82, 2.24) is 19.7 Å². The summed E-state index contributed by atoms with van der Waals surface area (Å²) in [7, 11) is -1.69. The zero-order valence-corrected chi connectivity index (χ0v) is 31.4. The van der Waals surface area contributed by atoms with Crippen LogP contribution in [0, 0.1) is 0 Å². The second kappa shape index (κ2) is 15.5. The first-order chi connectivity index (χ1) is 22.2. The van der Waals surface area contributed by atoms with E-state index in [1.54, 1.807) is 7.11 Å². The van der Waals surface area contributed by atoms with E-state index in [0.29, 0.717) is 32.1 Å². The van der Waals surface area contributed by atoms with Crippen molar-refractivity contribution in [2.24, 2.45) is 5.14 Å². The second-order valence-corrected chi connectivity index (χ2v) is 20.9. The molecule has 2 N–H and O–H groups in total. The molecule has 0 fully saturated rings. The lowest BCUT2D eigenvalue weighted by Gasteiger charge is -2.36. The molecule has 1 aromatic carbocycles. The molecule has 3 aromatic heterocycles. The minimum atomic E-state index is -1.94. The van der Waals surface area contributed by atoms with Crippen LogP contribution < -0.4 is 9.88 Å². The maximum absolute atomic E-state index is 12.3. The second-order valence-electron chi connectivity index (χ2n) is 14.4. The number of fused-ring (bicyclic) bond motifs is 1. The van der Waals surface area contributed by atoms with Gasteiger partial charge in [0, 0.05) is 37.3 Å². The topological polar surface area (TPSA) is 114 Å². The van der Waals surface area contributed by atoms with Crippen molar-refractivity contribution in [3.63, 3.8) is 0 Å². The van der Waals surface area contributed by atoms with Crippen molar-refractivity contribution in [3.05, 3.63) is 66.1 Å². The number of nitrogens with two attached hydrogens (primary N) is 1. The zero-order chi connectivity index (χ0) is 34.4. The standard InChI is InChI=1S/C36H53N5O4SSi/c1-10-14-26(23-36(5,6)46(37)42)30-16-12-17-31(40-30)27-21-32-29(33(22-27)44-20-13-19-43-7)24-38-41(32)34-18-11-15-28(39-34)25-45-47(8,9)35(2,3)4/h11-12,15-18,21-22,24,26H,10,13-14,19-20,23,25,37H2,1-9H3/t26-,46?/m0/s1. The number of nitrogens with zero attached hydrogens (tertiary/aromatic N) is 4. The van der Waals surface area contributed by atoms with Gasteiger partial charge in [-0.15, -0.1) is 0 Å². The van der Waals surface area contributed by atoms with Gasteiger partial charge in [-0.05, 0) is 81.2 Å². The predicted octanol–water partition coefficient (Wildman–Crippen LogP) is 8.09. The van der Waals surface area contributed by atoms with E-state index in [9.17, 15) is 4.21 Å².